The first kappa shape index (κ1) is 13.6. The first-order valence-corrected chi connectivity index (χ1v) is 7.43. The molecule has 1 saturated carbocycles. The van der Waals surface area contributed by atoms with Crippen molar-refractivity contribution >= 4 is 17.4 Å². The van der Waals surface area contributed by atoms with Gasteiger partial charge in [0.2, 0.25) is 0 Å². The van der Waals surface area contributed by atoms with E-state index < -0.39 is 0 Å². The topological polar surface area (TPSA) is 51.8 Å². The highest BCUT2D eigenvalue weighted by Crippen LogP contribution is 2.32. The van der Waals surface area contributed by atoms with Crippen molar-refractivity contribution in [2.45, 2.75) is 63.7 Å². The highest BCUT2D eigenvalue weighted by Gasteiger charge is 2.17. The predicted molar refractivity (Wildman–Crippen MR) is 75.7 cm³/mol. The van der Waals surface area contributed by atoms with Crippen LogP contribution in [0.3, 0.4) is 0 Å². The van der Waals surface area contributed by atoms with Crippen LogP contribution in [0, 0.1) is 0 Å². The van der Waals surface area contributed by atoms with Gasteiger partial charge in [0.15, 0.2) is 5.15 Å². The molecule has 0 aliphatic heterocycles. The minimum Gasteiger partial charge on any atom is -0.382 e. The molecule has 0 unspecified atom stereocenters. The Labute approximate surface area is 114 Å². The third kappa shape index (κ3) is 3.84. The highest BCUT2D eigenvalue weighted by atomic mass is 35.5. The van der Waals surface area contributed by atoms with Gasteiger partial charge in [0.05, 0.1) is 11.9 Å². The van der Waals surface area contributed by atoms with Gasteiger partial charge in [-0.05, 0) is 12.8 Å². The van der Waals surface area contributed by atoms with E-state index in [2.05, 4.69) is 9.97 Å². The maximum absolute atomic E-state index is 6.18. The lowest BCUT2D eigenvalue weighted by molar-refractivity contribution is 0.456. The molecule has 18 heavy (non-hydrogen) atoms. The molecule has 0 spiro atoms. The molecule has 3 nitrogen and oxygen atoms in total. The summed E-state index contributed by atoms with van der Waals surface area (Å²) in [5, 5.41) is 0.497. The van der Waals surface area contributed by atoms with Crippen molar-refractivity contribution in [3.63, 3.8) is 0 Å². The van der Waals surface area contributed by atoms with E-state index in [4.69, 9.17) is 17.3 Å². The second kappa shape index (κ2) is 6.93. The Bertz CT molecular complexity index is 371. The van der Waals surface area contributed by atoms with E-state index in [0.29, 0.717) is 16.9 Å². The van der Waals surface area contributed by atoms with Crippen LogP contribution in [-0.4, -0.2) is 9.97 Å². The van der Waals surface area contributed by atoms with Crippen LogP contribution in [0.1, 0.15) is 69.4 Å². The summed E-state index contributed by atoms with van der Waals surface area (Å²) < 4.78 is 0. The molecule has 0 atom stereocenters. The molecule has 2 rings (SSSR count). The molecule has 0 saturated heterocycles. The van der Waals surface area contributed by atoms with E-state index >= 15 is 0 Å². The molecular weight excluding hydrogens is 246 g/mol. The van der Waals surface area contributed by atoms with Crippen molar-refractivity contribution in [2.75, 3.05) is 5.73 Å². The zero-order valence-electron chi connectivity index (χ0n) is 10.9. The Balaban J connectivity index is 2.07. The second-order valence-electron chi connectivity index (χ2n) is 5.22. The number of nitrogens with two attached hydrogens (primary N) is 1. The summed E-state index contributed by atoms with van der Waals surface area (Å²) in [5.74, 6) is 0.868. The smallest absolute Gasteiger partial charge is 0.153 e. The van der Waals surface area contributed by atoms with Gasteiger partial charge in [-0.2, -0.15) is 0 Å². The van der Waals surface area contributed by atoms with Gasteiger partial charge in [0, 0.05) is 5.92 Å². The van der Waals surface area contributed by atoms with Crippen molar-refractivity contribution in [2.24, 2.45) is 0 Å². The van der Waals surface area contributed by atoms with E-state index in [1.165, 1.54) is 57.8 Å². The number of hydrogen-bond acceptors (Lipinski definition) is 3. The third-order valence-electron chi connectivity index (χ3n) is 3.77. The molecule has 1 aliphatic carbocycles. The first-order valence-electron chi connectivity index (χ1n) is 7.05. The molecule has 1 fully saturated rings. The second-order valence-corrected chi connectivity index (χ2v) is 5.58. The zero-order chi connectivity index (χ0) is 12.8. The lowest BCUT2D eigenvalue weighted by atomic mass is 9.90. The normalized spacial score (nSPS) is 19.6. The lowest BCUT2D eigenvalue weighted by Crippen LogP contribution is -2.06. The number of nitrogens with zero attached hydrogens (tertiary/aromatic N) is 2. The molecule has 2 N–H and O–H groups in total. The number of anilines is 1. The highest BCUT2D eigenvalue weighted by molar-refractivity contribution is 6.30. The molecular formula is C14H22ClN3. The van der Waals surface area contributed by atoms with Gasteiger partial charge in [-0.1, -0.05) is 56.5 Å². The monoisotopic (exact) mass is 267 g/mol. The summed E-state index contributed by atoms with van der Waals surface area (Å²) in [4.78, 5) is 8.53. The van der Waals surface area contributed by atoms with Gasteiger partial charge in [-0.3, -0.25) is 4.98 Å². The largest absolute Gasteiger partial charge is 0.382 e. The summed E-state index contributed by atoms with van der Waals surface area (Å²) in [5.41, 5.74) is 6.55. The Morgan fingerprint density at radius 1 is 1.00 bits per heavy atom. The Hall–Kier alpha value is -0.830. The van der Waals surface area contributed by atoms with Gasteiger partial charge in [-0.25, -0.2) is 4.98 Å². The van der Waals surface area contributed by atoms with Crippen LogP contribution in [0.4, 0.5) is 5.82 Å². The van der Waals surface area contributed by atoms with E-state index in [1.54, 1.807) is 6.20 Å². The van der Waals surface area contributed by atoms with E-state index in [0.717, 1.165) is 5.69 Å². The average Bonchev–Trinajstić information content (AvgIpc) is 2.36. The molecule has 0 aromatic carbocycles. The summed E-state index contributed by atoms with van der Waals surface area (Å²) in [6.07, 6.45) is 13.3. The van der Waals surface area contributed by atoms with E-state index in [1.807, 2.05) is 0 Å². The molecule has 4 heteroatoms. The van der Waals surface area contributed by atoms with Crippen molar-refractivity contribution < 1.29 is 0 Å². The Morgan fingerprint density at radius 3 is 2.11 bits per heavy atom. The summed E-state index contributed by atoms with van der Waals surface area (Å²) >= 11 is 6.18. The van der Waals surface area contributed by atoms with Crippen LogP contribution in [0.15, 0.2) is 6.20 Å². The maximum Gasteiger partial charge on any atom is 0.153 e. The van der Waals surface area contributed by atoms with Crippen molar-refractivity contribution in [3.8, 4) is 0 Å². The molecule has 1 aromatic rings. The van der Waals surface area contributed by atoms with Crippen LogP contribution in [0.25, 0.3) is 0 Å². The van der Waals surface area contributed by atoms with Gasteiger partial charge in [-0.15, -0.1) is 0 Å². The van der Waals surface area contributed by atoms with Crippen molar-refractivity contribution in [1.29, 1.82) is 0 Å². The first-order chi connectivity index (χ1) is 8.77. The number of aromatic nitrogens is 2. The van der Waals surface area contributed by atoms with Crippen LogP contribution in [-0.2, 0) is 0 Å². The zero-order valence-corrected chi connectivity index (χ0v) is 11.6. The van der Waals surface area contributed by atoms with E-state index in [9.17, 15) is 0 Å². The van der Waals surface area contributed by atoms with Crippen LogP contribution in [0.2, 0.25) is 5.15 Å². The number of halogens is 1. The lowest BCUT2D eigenvalue weighted by Gasteiger charge is -2.18. The average molecular weight is 268 g/mol. The number of hydrogen-bond donors (Lipinski definition) is 1. The van der Waals surface area contributed by atoms with Crippen LogP contribution >= 0.6 is 11.6 Å². The molecule has 100 valence electrons. The maximum atomic E-state index is 6.18. The molecule has 1 aliphatic rings. The summed E-state index contributed by atoms with van der Waals surface area (Å²) in [6.45, 7) is 0. The molecule has 0 radical (unpaired) electrons. The van der Waals surface area contributed by atoms with Crippen LogP contribution < -0.4 is 5.73 Å². The Morgan fingerprint density at radius 2 is 1.56 bits per heavy atom. The van der Waals surface area contributed by atoms with E-state index in [-0.39, 0.29) is 0 Å². The molecule has 1 heterocycles. The van der Waals surface area contributed by atoms with Gasteiger partial charge in [0.1, 0.15) is 5.82 Å². The third-order valence-corrected chi connectivity index (χ3v) is 4.04. The fourth-order valence-corrected chi connectivity index (χ4v) is 3.05. The Kier molecular flexibility index (Phi) is 5.24. The van der Waals surface area contributed by atoms with Crippen molar-refractivity contribution in [3.05, 3.63) is 17.0 Å². The SMILES string of the molecule is Nc1cnc(C2CCCCCCCCC2)c(Cl)n1. The fraction of sp³-hybridized carbons (Fsp3) is 0.714. The minimum atomic E-state index is 0.406. The van der Waals surface area contributed by atoms with Gasteiger partial charge in [0.25, 0.3) is 0 Å². The molecule has 0 amide bonds. The van der Waals surface area contributed by atoms with Gasteiger partial charge >= 0.3 is 0 Å². The number of nitrogen functional groups attached to an aromatic ring is 1. The van der Waals surface area contributed by atoms with Gasteiger partial charge < -0.3 is 5.73 Å². The number of rotatable bonds is 1. The molecule has 0 bridgehead atoms. The summed E-state index contributed by atoms with van der Waals surface area (Å²) in [7, 11) is 0. The minimum absolute atomic E-state index is 0.406. The fourth-order valence-electron chi connectivity index (χ4n) is 2.75. The predicted octanol–water partition coefficient (Wildman–Crippen LogP) is 4.32. The molecule has 1 aromatic heterocycles. The quantitative estimate of drug-likeness (QED) is 0.824. The van der Waals surface area contributed by atoms with Crippen molar-refractivity contribution in [1.82, 2.24) is 9.97 Å². The standard InChI is InChI=1S/C14H22ClN3/c15-14-13(17-10-12(16)18-14)11-8-6-4-2-1-3-5-7-9-11/h10-11H,1-9H2,(H2,16,18). The van der Waals surface area contributed by atoms with Crippen LogP contribution in [0.5, 0.6) is 0 Å². The summed E-state index contributed by atoms with van der Waals surface area (Å²) in [6, 6.07) is 0.